The molecule has 0 amide bonds. The van der Waals surface area contributed by atoms with E-state index in [0.29, 0.717) is 0 Å². The van der Waals surface area contributed by atoms with Crippen LogP contribution in [0.25, 0.3) is 32.3 Å². The van der Waals surface area contributed by atoms with Crippen LogP contribution in [0, 0.1) is 0 Å². The molecule has 0 fully saturated rings. The Bertz CT molecular complexity index is 950. The summed E-state index contributed by atoms with van der Waals surface area (Å²) in [7, 11) is 4.43. The predicted octanol–water partition coefficient (Wildman–Crippen LogP) is 4.86. The Hall–Kier alpha value is -2.48. The van der Waals surface area contributed by atoms with Crippen LogP contribution in [-0.4, -0.2) is 27.2 Å². The van der Waals surface area contributed by atoms with Crippen LogP contribution >= 0.6 is 0 Å². The first-order valence-electron chi connectivity index (χ1n) is 8.37. The van der Waals surface area contributed by atoms with Gasteiger partial charge in [0.2, 0.25) is 0 Å². The van der Waals surface area contributed by atoms with Crippen LogP contribution in [0.15, 0.2) is 48.5 Å². The zero-order chi connectivity index (χ0) is 15.6. The van der Waals surface area contributed by atoms with Crippen molar-refractivity contribution in [2.75, 3.05) is 37.0 Å². The average Bonchev–Trinajstić information content (AvgIpc) is 2.60. The minimum absolute atomic E-state index is 1.08. The molecule has 0 unspecified atom stereocenters. The third-order valence-electron chi connectivity index (χ3n) is 5.43. The summed E-state index contributed by atoms with van der Waals surface area (Å²) in [5, 5.41) is 8.28. The van der Waals surface area contributed by atoms with Gasteiger partial charge in [0.25, 0.3) is 0 Å². The number of anilines is 2. The van der Waals surface area contributed by atoms with E-state index < -0.39 is 0 Å². The lowest BCUT2D eigenvalue weighted by molar-refractivity contribution is 0.766. The van der Waals surface area contributed by atoms with E-state index >= 15 is 0 Å². The van der Waals surface area contributed by atoms with Crippen LogP contribution in [0.3, 0.4) is 0 Å². The molecule has 0 aromatic heterocycles. The fourth-order valence-corrected chi connectivity index (χ4v) is 4.22. The van der Waals surface area contributed by atoms with Crippen molar-refractivity contribution in [1.29, 1.82) is 0 Å². The smallest absolute Gasteiger partial charge is 0.0443 e. The summed E-state index contributed by atoms with van der Waals surface area (Å²) in [5.74, 6) is 0. The molecule has 23 heavy (non-hydrogen) atoms. The zero-order valence-corrected chi connectivity index (χ0v) is 13.6. The molecule has 0 atom stereocenters. The van der Waals surface area contributed by atoms with Gasteiger partial charge in [-0.05, 0) is 40.1 Å². The number of nitrogens with zero attached hydrogens (tertiary/aromatic N) is 2. The van der Waals surface area contributed by atoms with E-state index in [9.17, 15) is 0 Å². The molecular weight excluding hydrogens is 280 g/mol. The molecule has 2 heteroatoms. The molecule has 5 rings (SSSR count). The second kappa shape index (κ2) is 4.51. The molecule has 0 saturated carbocycles. The molecule has 1 aliphatic rings. The fraction of sp³-hybridized carbons (Fsp3) is 0.238. The lowest BCUT2D eigenvalue weighted by Crippen LogP contribution is -2.25. The minimum Gasteiger partial charge on any atom is -0.374 e. The fourth-order valence-electron chi connectivity index (χ4n) is 4.22. The Morgan fingerprint density at radius 2 is 1.04 bits per heavy atom. The maximum absolute atomic E-state index is 2.41. The van der Waals surface area contributed by atoms with Crippen molar-refractivity contribution in [3.8, 4) is 0 Å². The average molecular weight is 300 g/mol. The molecule has 0 radical (unpaired) electrons. The van der Waals surface area contributed by atoms with Crippen molar-refractivity contribution < 1.29 is 0 Å². The first-order chi connectivity index (χ1) is 11.2. The van der Waals surface area contributed by atoms with Gasteiger partial charge in [0.1, 0.15) is 0 Å². The van der Waals surface area contributed by atoms with Crippen molar-refractivity contribution in [3.63, 3.8) is 0 Å². The lowest BCUT2D eigenvalue weighted by Gasteiger charge is -2.23. The summed E-state index contributed by atoms with van der Waals surface area (Å²) in [6.45, 7) is 2.16. The number of benzene rings is 4. The Balaban J connectivity index is 2.06. The van der Waals surface area contributed by atoms with E-state index in [1.54, 1.807) is 0 Å². The van der Waals surface area contributed by atoms with Crippen molar-refractivity contribution >= 4 is 43.7 Å². The highest BCUT2D eigenvalue weighted by Gasteiger charge is 2.17. The normalized spacial score (nSPS) is 15.6. The highest BCUT2D eigenvalue weighted by molar-refractivity contribution is 6.27. The van der Waals surface area contributed by atoms with Crippen LogP contribution < -0.4 is 9.80 Å². The van der Waals surface area contributed by atoms with E-state index in [1.165, 1.54) is 43.7 Å². The summed E-state index contributed by atoms with van der Waals surface area (Å²) >= 11 is 0. The van der Waals surface area contributed by atoms with Crippen LogP contribution in [0.4, 0.5) is 11.4 Å². The van der Waals surface area contributed by atoms with Gasteiger partial charge >= 0.3 is 0 Å². The third kappa shape index (κ3) is 1.69. The molecule has 114 valence electrons. The van der Waals surface area contributed by atoms with E-state index in [2.05, 4.69) is 72.4 Å². The molecule has 0 saturated heterocycles. The molecule has 0 spiro atoms. The van der Waals surface area contributed by atoms with E-state index in [1.807, 2.05) is 0 Å². The topological polar surface area (TPSA) is 6.48 Å². The standard InChI is InChI=1S/C21H20N2/c1-22-12-3-13-23(2)19-11-7-15-4-8-16-18(22)10-6-14-5-9-17(19)21(15)20(14)16/h4-11H,3,12-13H2,1-2H3. The van der Waals surface area contributed by atoms with Gasteiger partial charge in [0.15, 0.2) is 0 Å². The Labute approximate surface area is 136 Å². The van der Waals surface area contributed by atoms with Crippen LogP contribution in [0.2, 0.25) is 0 Å². The molecule has 4 aromatic rings. The van der Waals surface area contributed by atoms with Crippen LogP contribution in [0.5, 0.6) is 0 Å². The highest BCUT2D eigenvalue weighted by atomic mass is 15.1. The Morgan fingerprint density at radius 1 is 0.609 bits per heavy atom. The summed E-state index contributed by atoms with van der Waals surface area (Å²) < 4.78 is 0. The van der Waals surface area contributed by atoms with Crippen molar-refractivity contribution in [2.45, 2.75) is 6.42 Å². The van der Waals surface area contributed by atoms with Crippen molar-refractivity contribution in [1.82, 2.24) is 0 Å². The van der Waals surface area contributed by atoms with Gasteiger partial charge in [-0.1, -0.05) is 36.4 Å². The number of hydrogen-bond donors (Lipinski definition) is 0. The quantitative estimate of drug-likeness (QED) is 0.428. The van der Waals surface area contributed by atoms with Gasteiger partial charge < -0.3 is 9.80 Å². The van der Waals surface area contributed by atoms with Crippen molar-refractivity contribution in [3.05, 3.63) is 48.5 Å². The van der Waals surface area contributed by atoms with E-state index in [4.69, 9.17) is 0 Å². The van der Waals surface area contributed by atoms with E-state index in [0.717, 1.165) is 19.5 Å². The van der Waals surface area contributed by atoms with Gasteiger partial charge in [-0.3, -0.25) is 0 Å². The largest absolute Gasteiger partial charge is 0.374 e. The highest BCUT2D eigenvalue weighted by Crippen LogP contribution is 2.41. The van der Waals surface area contributed by atoms with Crippen LogP contribution in [0.1, 0.15) is 6.42 Å². The molecule has 6 bridgehead atoms. The number of hydrogen-bond acceptors (Lipinski definition) is 2. The molecule has 0 N–H and O–H groups in total. The summed E-state index contributed by atoms with van der Waals surface area (Å²) in [4.78, 5) is 4.81. The first-order valence-corrected chi connectivity index (χ1v) is 8.37. The van der Waals surface area contributed by atoms with Gasteiger partial charge in [-0.15, -0.1) is 0 Å². The third-order valence-corrected chi connectivity index (χ3v) is 5.43. The summed E-state index contributed by atoms with van der Waals surface area (Å²) in [6.07, 6.45) is 1.16. The van der Waals surface area contributed by atoms with Gasteiger partial charge in [-0.2, -0.15) is 0 Å². The maximum Gasteiger partial charge on any atom is 0.0443 e. The molecular formula is C21H20N2. The molecule has 4 aromatic carbocycles. The molecule has 2 nitrogen and oxygen atoms in total. The second-order valence-electron chi connectivity index (χ2n) is 6.79. The van der Waals surface area contributed by atoms with Gasteiger partial charge in [-0.25, -0.2) is 0 Å². The molecule has 1 heterocycles. The zero-order valence-electron chi connectivity index (χ0n) is 13.6. The maximum atomic E-state index is 2.41. The Kier molecular flexibility index (Phi) is 2.55. The first kappa shape index (κ1) is 13.0. The van der Waals surface area contributed by atoms with Gasteiger partial charge in [0, 0.05) is 49.3 Å². The molecule has 0 aliphatic carbocycles. The SMILES string of the molecule is CN1CCCN(C)c2ccc3ccc4c1ccc1ccc2c3c14. The second-order valence-corrected chi connectivity index (χ2v) is 6.79. The number of rotatable bonds is 0. The summed E-state index contributed by atoms with van der Waals surface area (Å²) in [5.41, 5.74) is 2.70. The summed E-state index contributed by atoms with van der Waals surface area (Å²) in [6, 6.07) is 18.3. The van der Waals surface area contributed by atoms with Crippen molar-refractivity contribution in [2.24, 2.45) is 0 Å². The van der Waals surface area contributed by atoms with Crippen LogP contribution in [-0.2, 0) is 0 Å². The Morgan fingerprint density at radius 3 is 1.52 bits per heavy atom. The minimum atomic E-state index is 1.08. The monoisotopic (exact) mass is 300 g/mol. The molecule has 1 aliphatic heterocycles. The predicted molar refractivity (Wildman–Crippen MR) is 101 cm³/mol. The van der Waals surface area contributed by atoms with E-state index in [-0.39, 0.29) is 0 Å². The van der Waals surface area contributed by atoms with Gasteiger partial charge in [0.05, 0.1) is 0 Å². The lowest BCUT2D eigenvalue weighted by atomic mass is 9.92.